The van der Waals surface area contributed by atoms with Crippen molar-refractivity contribution in [3.63, 3.8) is 0 Å². The van der Waals surface area contributed by atoms with Crippen molar-refractivity contribution < 1.29 is 19.4 Å². The van der Waals surface area contributed by atoms with Crippen LogP contribution < -0.4 is 20.1 Å². The summed E-state index contributed by atoms with van der Waals surface area (Å²) in [5.74, 6) is -0.387. The molecule has 0 amide bonds. The molecule has 0 bridgehead atoms. The molecule has 0 unspecified atom stereocenters. The highest BCUT2D eigenvalue weighted by Gasteiger charge is 2.16. The van der Waals surface area contributed by atoms with Crippen LogP contribution in [0.2, 0.25) is 0 Å². The highest BCUT2D eigenvalue weighted by molar-refractivity contribution is 5.94. The molecule has 3 rings (SSSR count). The fourth-order valence-electron chi connectivity index (χ4n) is 2.94. The minimum Gasteiger partial charge on any atom is -0.545 e. The normalized spacial score (nSPS) is 14.2. The predicted molar refractivity (Wildman–Crippen MR) is 94.1 cm³/mol. The minimum atomic E-state index is -1.18. The maximum absolute atomic E-state index is 11.6. The van der Waals surface area contributed by atoms with Gasteiger partial charge in [0.25, 0.3) is 0 Å². The van der Waals surface area contributed by atoms with Crippen molar-refractivity contribution in [1.29, 1.82) is 0 Å². The first-order valence-electron chi connectivity index (χ1n) is 8.23. The molecule has 0 radical (unpaired) electrons. The van der Waals surface area contributed by atoms with Crippen LogP contribution in [0.1, 0.15) is 15.9 Å². The van der Waals surface area contributed by atoms with Gasteiger partial charge in [-0.15, -0.1) is 0 Å². The molecule has 1 aliphatic heterocycles. The van der Waals surface area contributed by atoms with Gasteiger partial charge in [-0.25, -0.2) is 0 Å². The second-order valence-electron chi connectivity index (χ2n) is 5.78. The van der Waals surface area contributed by atoms with Crippen molar-refractivity contribution in [2.24, 2.45) is 0 Å². The third-order valence-corrected chi connectivity index (χ3v) is 4.24. The number of nitrogens with one attached hydrogen (secondary N) is 1. The summed E-state index contributed by atoms with van der Waals surface area (Å²) >= 11 is 0. The lowest BCUT2D eigenvalue weighted by Crippen LogP contribution is -2.38. The number of aromatic carboxylic acids is 1. The number of carbonyl (C=O) groups excluding carboxylic acids is 1. The average Bonchev–Trinajstić information content (AvgIpc) is 2.67. The molecular weight excluding hydrogens is 320 g/mol. The third kappa shape index (κ3) is 4.03. The van der Waals surface area contributed by atoms with Crippen molar-refractivity contribution >= 4 is 17.3 Å². The minimum absolute atomic E-state index is 0.187. The van der Waals surface area contributed by atoms with E-state index in [9.17, 15) is 9.90 Å². The second kappa shape index (κ2) is 7.90. The Morgan fingerprint density at radius 1 is 1.24 bits per heavy atom. The summed E-state index contributed by atoms with van der Waals surface area (Å²) in [7, 11) is 1.63. The van der Waals surface area contributed by atoms with E-state index in [1.807, 2.05) is 41.3 Å². The zero-order valence-corrected chi connectivity index (χ0v) is 14.2. The summed E-state index contributed by atoms with van der Waals surface area (Å²) in [4.78, 5) is 13.6. The Bertz CT molecular complexity index is 742. The van der Waals surface area contributed by atoms with Gasteiger partial charge in [-0.1, -0.05) is 18.2 Å². The summed E-state index contributed by atoms with van der Waals surface area (Å²) in [6.07, 6.45) is 0. The van der Waals surface area contributed by atoms with Gasteiger partial charge in [-0.3, -0.25) is 0 Å². The van der Waals surface area contributed by atoms with Crippen LogP contribution >= 0.6 is 0 Å². The van der Waals surface area contributed by atoms with E-state index in [1.165, 1.54) is 0 Å². The predicted octanol–water partition coefficient (Wildman–Crippen LogP) is 1.51. The second-order valence-corrected chi connectivity index (χ2v) is 5.78. The number of carboxylic acid groups (broad SMARTS) is 1. The number of para-hydroxylation sites is 1. The fraction of sp³-hybridized carbons (Fsp3) is 0.316. The topological polar surface area (TPSA) is 73.9 Å². The molecule has 6 heteroatoms. The first-order valence-corrected chi connectivity index (χ1v) is 8.23. The van der Waals surface area contributed by atoms with Crippen molar-refractivity contribution in [2.45, 2.75) is 6.54 Å². The molecule has 25 heavy (non-hydrogen) atoms. The summed E-state index contributed by atoms with van der Waals surface area (Å²) in [6.45, 7) is 3.08. The number of benzene rings is 2. The van der Waals surface area contributed by atoms with Crippen LogP contribution in [0.3, 0.4) is 0 Å². The molecule has 132 valence electrons. The first-order chi connectivity index (χ1) is 12.2. The molecule has 2 aromatic carbocycles. The lowest BCUT2D eigenvalue weighted by Gasteiger charge is -2.31. The van der Waals surface area contributed by atoms with E-state index in [4.69, 9.17) is 9.47 Å². The Morgan fingerprint density at radius 2 is 2.00 bits per heavy atom. The van der Waals surface area contributed by atoms with Gasteiger partial charge in [0, 0.05) is 42.1 Å². The molecule has 1 N–H and O–H groups in total. The molecular formula is C19H21N2O4-. The van der Waals surface area contributed by atoms with Crippen LogP contribution in [-0.4, -0.2) is 39.4 Å². The van der Waals surface area contributed by atoms with Crippen LogP contribution in [0.5, 0.6) is 5.75 Å². The molecule has 0 saturated carbocycles. The summed E-state index contributed by atoms with van der Waals surface area (Å²) in [5.41, 5.74) is 2.58. The summed E-state index contributed by atoms with van der Waals surface area (Å²) in [6, 6.07) is 13.0. The highest BCUT2D eigenvalue weighted by atomic mass is 16.5. The van der Waals surface area contributed by atoms with Gasteiger partial charge < -0.3 is 29.6 Å². The van der Waals surface area contributed by atoms with E-state index in [-0.39, 0.29) is 5.56 Å². The van der Waals surface area contributed by atoms with Crippen molar-refractivity contribution in [1.82, 2.24) is 0 Å². The lowest BCUT2D eigenvalue weighted by atomic mass is 10.1. The Kier molecular flexibility index (Phi) is 5.40. The van der Waals surface area contributed by atoms with Crippen LogP contribution in [0.25, 0.3) is 0 Å². The average molecular weight is 341 g/mol. The largest absolute Gasteiger partial charge is 0.545 e. The van der Waals surface area contributed by atoms with Crippen LogP contribution in [0.15, 0.2) is 42.5 Å². The maximum atomic E-state index is 11.6. The molecule has 1 fully saturated rings. The van der Waals surface area contributed by atoms with E-state index >= 15 is 0 Å². The summed E-state index contributed by atoms with van der Waals surface area (Å²) in [5, 5.41) is 14.8. The highest BCUT2D eigenvalue weighted by Crippen LogP contribution is 2.26. The lowest BCUT2D eigenvalue weighted by molar-refractivity contribution is -0.254. The number of carbonyl (C=O) groups is 1. The maximum Gasteiger partial charge on any atom is 0.123 e. The first kappa shape index (κ1) is 17.1. The van der Waals surface area contributed by atoms with Crippen molar-refractivity contribution in [2.75, 3.05) is 43.6 Å². The number of anilines is 2. The van der Waals surface area contributed by atoms with E-state index in [2.05, 4.69) is 5.32 Å². The SMILES string of the molecule is COc1ccccc1CNc1ccc(N2CCOCC2)c(C(=O)[O-])c1. The molecule has 1 aliphatic rings. The van der Waals surface area contributed by atoms with Gasteiger partial charge in [0.2, 0.25) is 0 Å². The zero-order chi connectivity index (χ0) is 17.6. The number of hydrogen-bond acceptors (Lipinski definition) is 6. The van der Waals surface area contributed by atoms with Gasteiger partial charge in [-0.2, -0.15) is 0 Å². The third-order valence-electron chi connectivity index (χ3n) is 4.24. The van der Waals surface area contributed by atoms with Gasteiger partial charge in [0.05, 0.1) is 26.3 Å². The van der Waals surface area contributed by atoms with Crippen molar-refractivity contribution in [3.8, 4) is 5.75 Å². The molecule has 6 nitrogen and oxygen atoms in total. The molecule has 1 heterocycles. The van der Waals surface area contributed by atoms with E-state index < -0.39 is 5.97 Å². The number of methoxy groups -OCH3 is 1. The van der Waals surface area contributed by atoms with Gasteiger partial charge >= 0.3 is 0 Å². The molecule has 0 aliphatic carbocycles. The number of carboxylic acids is 1. The van der Waals surface area contributed by atoms with Crippen molar-refractivity contribution in [3.05, 3.63) is 53.6 Å². The van der Waals surface area contributed by atoms with Gasteiger partial charge in [0.1, 0.15) is 5.75 Å². The van der Waals surface area contributed by atoms with Gasteiger partial charge in [0.15, 0.2) is 0 Å². The zero-order valence-electron chi connectivity index (χ0n) is 14.2. The molecule has 1 saturated heterocycles. The number of rotatable bonds is 6. The van der Waals surface area contributed by atoms with Gasteiger partial charge in [-0.05, 0) is 24.3 Å². The molecule has 0 spiro atoms. The van der Waals surface area contributed by atoms with E-state index in [0.717, 1.165) is 17.0 Å². The Balaban J connectivity index is 1.78. The number of hydrogen-bond donors (Lipinski definition) is 1. The number of morpholine rings is 1. The molecule has 0 aromatic heterocycles. The van der Waals surface area contributed by atoms with Crippen LogP contribution in [0, 0.1) is 0 Å². The quantitative estimate of drug-likeness (QED) is 0.858. The van der Waals surface area contributed by atoms with Crippen LogP contribution in [-0.2, 0) is 11.3 Å². The fourth-order valence-corrected chi connectivity index (χ4v) is 2.94. The summed E-state index contributed by atoms with van der Waals surface area (Å²) < 4.78 is 10.7. The smallest absolute Gasteiger partial charge is 0.123 e. The Labute approximate surface area is 147 Å². The molecule has 2 aromatic rings. The van der Waals surface area contributed by atoms with E-state index in [1.54, 1.807) is 13.2 Å². The number of ether oxygens (including phenoxy) is 2. The standard InChI is InChI=1S/C19H22N2O4/c1-24-18-5-3-2-4-14(18)13-20-15-6-7-17(16(12-15)19(22)23)21-8-10-25-11-9-21/h2-7,12,20H,8-11,13H2,1H3,(H,22,23)/p-1. The molecule has 0 atom stereocenters. The van der Waals surface area contributed by atoms with Crippen LogP contribution in [0.4, 0.5) is 11.4 Å². The Morgan fingerprint density at radius 3 is 2.72 bits per heavy atom. The monoisotopic (exact) mass is 341 g/mol. The van der Waals surface area contributed by atoms with E-state index in [0.29, 0.717) is 38.5 Å². The Hall–Kier alpha value is -2.73. The number of nitrogens with zero attached hydrogens (tertiary/aromatic N) is 1.